The third-order valence-corrected chi connectivity index (χ3v) is 5.14. The van der Waals surface area contributed by atoms with Crippen LogP contribution in [-0.2, 0) is 16.0 Å². The molecular weight excluding hydrogens is 288 g/mol. The number of carbonyl (C=O) groups excluding carboxylic acids is 2. The SMILES string of the molecule is CC(=O)N1CCc2ccccc2C1C(=O)NC1CCCCCC1. The number of hydrogen-bond donors (Lipinski definition) is 1. The smallest absolute Gasteiger partial charge is 0.247 e. The zero-order chi connectivity index (χ0) is 16.2. The quantitative estimate of drug-likeness (QED) is 0.853. The van der Waals surface area contributed by atoms with E-state index in [1.807, 2.05) is 18.2 Å². The van der Waals surface area contributed by atoms with Crippen molar-refractivity contribution >= 4 is 11.8 Å². The molecule has 0 spiro atoms. The number of nitrogens with one attached hydrogen (secondary N) is 1. The molecule has 1 saturated carbocycles. The van der Waals surface area contributed by atoms with Gasteiger partial charge >= 0.3 is 0 Å². The molecule has 0 radical (unpaired) electrons. The van der Waals surface area contributed by atoms with Crippen molar-refractivity contribution in [3.63, 3.8) is 0 Å². The molecule has 2 amide bonds. The molecule has 2 aliphatic rings. The topological polar surface area (TPSA) is 49.4 Å². The summed E-state index contributed by atoms with van der Waals surface area (Å²) in [4.78, 5) is 26.7. The molecule has 0 aromatic heterocycles. The lowest BCUT2D eigenvalue weighted by Gasteiger charge is -2.36. The van der Waals surface area contributed by atoms with Gasteiger partial charge in [-0.2, -0.15) is 0 Å². The highest BCUT2D eigenvalue weighted by Gasteiger charge is 2.35. The van der Waals surface area contributed by atoms with Crippen molar-refractivity contribution in [2.45, 2.75) is 64.0 Å². The lowest BCUT2D eigenvalue weighted by atomic mass is 9.91. The maximum absolute atomic E-state index is 13.0. The van der Waals surface area contributed by atoms with E-state index in [0.717, 1.165) is 24.8 Å². The van der Waals surface area contributed by atoms with Crippen LogP contribution in [0, 0.1) is 0 Å². The summed E-state index contributed by atoms with van der Waals surface area (Å²) < 4.78 is 0. The first-order valence-electron chi connectivity index (χ1n) is 8.82. The Bertz CT molecular complexity index is 576. The van der Waals surface area contributed by atoms with Gasteiger partial charge in [0, 0.05) is 19.5 Å². The van der Waals surface area contributed by atoms with E-state index >= 15 is 0 Å². The first-order valence-corrected chi connectivity index (χ1v) is 8.82. The predicted molar refractivity (Wildman–Crippen MR) is 89.9 cm³/mol. The average molecular weight is 314 g/mol. The lowest BCUT2D eigenvalue weighted by Crippen LogP contribution is -2.48. The number of carbonyl (C=O) groups is 2. The summed E-state index contributed by atoms with van der Waals surface area (Å²) in [7, 11) is 0. The van der Waals surface area contributed by atoms with Crippen molar-refractivity contribution < 1.29 is 9.59 Å². The zero-order valence-electron chi connectivity index (χ0n) is 13.9. The van der Waals surface area contributed by atoms with Crippen LogP contribution in [0.1, 0.15) is 62.6 Å². The van der Waals surface area contributed by atoms with Gasteiger partial charge in [-0.3, -0.25) is 9.59 Å². The van der Waals surface area contributed by atoms with E-state index in [1.54, 1.807) is 11.8 Å². The monoisotopic (exact) mass is 314 g/mol. The van der Waals surface area contributed by atoms with Crippen LogP contribution in [0.2, 0.25) is 0 Å². The van der Waals surface area contributed by atoms with Crippen LogP contribution in [0.3, 0.4) is 0 Å². The van der Waals surface area contributed by atoms with E-state index in [4.69, 9.17) is 0 Å². The summed E-state index contributed by atoms with van der Waals surface area (Å²) in [6.07, 6.45) is 7.82. The van der Waals surface area contributed by atoms with Crippen molar-refractivity contribution in [3.8, 4) is 0 Å². The van der Waals surface area contributed by atoms with Crippen LogP contribution in [-0.4, -0.2) is 29.3 Å². The normalized spacial score (nSPS) is 22.1. The minimum atomic E-state index is -0.472. The summed E-state index contributed by atoms with van der Waals surface area (Å²) >= 11 is 0. The number of hydrogen-bond acceptors (Lipinski definition) is 2. The molecular formula is C19H26N2O2. The van der Waals surface area contributed by atoms with Crippen LogP contribution in [0.15, 0.2) is 24.3 Å². The van der Waals surface area contributed by atoms with E-state index in [0.29, 0.717) is 6.54 Å². The molecule has 1 aromatic rings. The highest BCUT2D eigenvalue weighted by atomic mass is 16.2. The fraction of sp³-hybridized carbons (Fsp3) is 0.579. The summed E-state index contributed by atoms with van der Waals surface area (Å²) in [5.41, 5.74) is 2.17. The molecule has 1 unspecified atom stereocenters. The standard InChI is InChI=1S/C19H26N2O2/c1-14(22)21-13-12-15-8-6-7-11-17(15)18(21)19(23)20-16-9-4-2-3-5-10-16/h6-8,11,16,18H,2-5,9-10,12-13H2,1H3,(H,20,23). The minimum absolute atomic E-state index is 0.0146. The Balaban J connectivity index is 1.81. The van der Waals surface area contributed by atoms with Crippen molar-refractivity contribution in [1.82, 2.24) is 10.2 Å². The highest BCUT2D eigenvalue weighted by molar-refractivity contribution is 5.89. The van der Waals surface area contributed by atoms with Gasteiger partial charge in [0.15, 0.2) is 0 Å². The van der Waals surface area contributed by atoms with E-state index < -0.39 is 6.04 Å². The van der Waals surface area contributed by atoms with Gasteiger partial charge in [-0.25, -0.2) is 0 Å². The van der Waals surface area contributed by atoms with Gasteiger partial charge in [0.05, 0.1) is 0 Å². The second kappa shape index (κ2) is 7.16. The van der Waals surface area contributed by atoms with Crippen LogP contribution in [0.4, 0.5) is 0 Å². The Hall–Kier alpha value is -1.84. The number of benzene rings is 1. The zero-order valence-corrected chi connectivity index (χ0v) is 13.9. The first-order chi connectivity index (χ1) is 11.2. The lowest BCUT2D eigenvalue weighted by molar-refractivity contribution is -0.140. The van der Waals surface area contributed by atoms with Gasteiger partial charge in [-0.1, -0.05) is 49.9 Å². The summed E-state index contributed by atoms with van der Waals surface area (Å²) in [6.45, 7) is 2.18. The fourth-order valence-electron chi connectivity index (χ4n) is 3.89. The second-order valence-corrected chi connectivity index (χ2v) is 6.76. The molecule has 4 nitrogen and oxygen atoms in total. The van der Waals surface area contributed by atoms with Gasteiger partial charge in [0.2, 0.25) is 11.8 Å². The third-order valence-electron chi connectivity index (χ3n) is 5.14. The number of amides is 2. The Labute approximate surface area is 138 Å². The third kappa shape index (κ3) is 3.57. The Morgan fingerprint density at radius 3 is 2.48 bits per heavy atom. The van der Waals surface area contributed by atoms with Gasteiger partial charge in [0.1, 0.15) is 6.04 Å². The van der Waals surface area contributed by atoms with E-state index in [2.05, 4.69) is 11.4 Å². The number of fused-ring (bicyclic) bond motifs is 1. The average Bonchev–Trinajstić information content (AvgIpc) is 2.82. The fourth-order valence-corrected chi connectivity index (χ4v) is 3.89. The highest BCUT2D eigenvalue weighted by Crippen LogP contribution is 2.30. The number of nitrogens with zero attached hydrogens (tertiary/aromatic N) is 1. The molecule has 1 atom stereocenters. The largest absolute Gasteiger partial charge is 0.351 e. The Kier molecular flexibility index (Phi) is 4.99. The minimum Gasteiger partial charge on any atom is -0.351 e. The van der Waals surface area contributed by atoms with Gasteiger partial charge in [-0.15, -0.1) is 0 Å². The van der Waals surface area contributed by atoms with Crippen LogP contribution in [0.5, 0.6) is 0 Å². The Morgan fingerprint density at radius 1 is 1.09 bits per heavy atom. The van der Waals surface area contributed by atoms with Crippen molar-refractivity contribution in [3.05, 3.63) is 35.4 Å². The summed E-state index contributed by atoms with van der Waals surface area (Å²) in [5, 5.41) is 3.22. The molecule has 3 rings (SSSR count). The van der Waals surface area contributed by atoms with Crippen molar-refractivity contribution in [2.24, 2.45) is 0 Å². The van der Waals surface area contributed by atoms with E-state index in [1.165, 1.54) is 31.2 Å². The molecule has 124 valence electrons. The molecule has 1 aliphatic carbocycles. The summed E-state index contributed by atoms with van der Waals surface area (Å²) in [6, 6.07) is 7.80. The molecule has 1 aromatic carbocycles. The van der Waals surface area contributed by atoms with E-state index in [9.17, 15) is 9.59 Å². The van der Waals surface area contributed by atoms with Crippen LogP contribution < -0.4 is 5.32 Å². The van der Waals surface area contributed by atoms with Crippen LogP contribution >= 0.6 is 0 Å². The molecule has 1 aliphatic heterocycles. The molecule has 1 N–H and O–H groups in total. The molecule has 0 bridgehead atoms. The molecule has 23 heavy (non-hydrogen) atoms. The molecule has 0 saturated heterocycles. The predicted octanol–water partition coefficient (Wildman–Crippen LogP) is 2.97. The maximum Gasteiger partial charge on any atom is 0.247 e. The molecule has 1 heterocycles. The van der Waals surface area contributed by atoms with Crippen molar-refractivity contribution in [2.75, 3.05) is 6.54 Å². The van der Waals surface area contributed by atoms with Gasteiger partial charge in [-0.05, 0) is 30.4 Å². The Morgan fingerprint density at radius 2 is 1.78 bits per heavy atom. The molecule has 4 heteroatoms. The van der Waals surface area contributed by atoms with Crippen LogP contribution in [0.25, 0.3) is 0 Å². The molecule has 1 fully saturated rings. The van der Waals surface area contributed by atoms with Gasteiger partial charge in [0.25, 0.3) is 0 Å². The first kappa shape index (κ1) is 16.0. The summed E-state index contributed by atoms with van der Waals surface area (Å²) in [5.74, 6) is -0.0419. The van der Waals surface area contributed by atoms with Crippen molar-refractivity contribution in [1.29, 1.82) is 0 Å². The van der Waals surface area contributed by atoms with E-state index in [-0.39, 0.29) is 17.9 Å². The van der Waals surface area contributed by atoms with Gasteiger partial charge < -0.3 is 10.2 Å². The number of rotatable bonds is 2. The second-order valence-electron chi connectivity index (χ2n) is 6.76. The maximum atomic E-state index is 13.0.